The van der Waals surface area contributed by atoms with Gasteiger partial charge < -0.3 is 14.8 Å². The van der Waals surface area contributed by atoms with Crippen LogP contribution >= 0.6 is 0 Å². The minimum Gasteiger partial charge on any atom is -0.497 e. The van der Waals surface area contributed by atoms with Gasteiger partial charge in [-0.3, -0.25) is 0 Å². The molecule has 1 saturated carbocycles. The highest BCUT2D eigenvalue weighted by Crippen LogP contribution is 2.34. The van der Waals surface area contributed by atoms with Gasteiger partial charge in [0.25, 0.3) is 0 Å². The van der Waals surface area contributed by atoms with Crippen LogP contribution in [0.5, 0.6) is 5.75 Å². The van der Waals surface area contributed by atoms with Gasteiger partial charge in [-0.2, -0.15) is 0 Å². The molecule has 0 heterocycles. The average molecular weight is 291 g/mol. The Bertz CT molecular complexity index is 398. The third kappa shape index (κ3) is 4.21. The van der Waals surface area contributed by atoms with Gasteiger partial charge in [0.05, 0.1) is 19.3 Å². The predicted molar refractivity (Wildman–Crippen MR) is 86.8 cm³/mol. The SMILES string of the molecule is CCNC(c1ccc(OC)cc1)C(OC)C1CCCCC1. The first-order chi connectivity index (χ1) is 10.3. The van der Waals surface area contributed by atoms with E-state index in [0.29, 0.717) is 5.92 Å². The summed E-state index contributed by atoms with van der Waals surface area (Å²) in [5.74, 6) is 1.57. The Morgan fingerprint density at radius 2 is 1.76 bits per heavy atom. The van der Waals surface area contributed by atoms with Gasteiger partial charge in [-0.05, 0) is 43.0 Å². The Labute approximate surface area is 129 Å². The second kappa shape index (κ2) is 8.40. The van der Waals surface area contributed by atoms with Crippen LogP contribution in [0.25, 0.3) is 0 Å². The topological polar surface area (TPSA) is 30.5 Å². The lowest BCUT2D eigenvalue weighted by Gasteiger charge is -2.35. The van der Waals surface area contributed by atoms with Gasteiger partial charge in [0, 0.05) is 7.11 Å². The summed E-state index contributed by atoms with van der Waals surface area (Å²) >= 11 is 0. The van der Waals surface area contributed by atoms with Crippen molar-refractivity contribution in [3.63, 3.8) is 0 Å². The lowest BCUT2D eigenvalue weighted by molar-refractivity contribution is 0.00791. The van der Waals surface area contributed by atoms with Crippen LogP contribution in [0.1, 0.15) is 50.6 Å². The molecular weight excluding hydrogens is 262 g/mol. The fourth-order valence-electron chi connectivity index (χ4n) is 3.52. The monoisotopic (exact) mass is 291 g/mol. The van der Waals surface area contributed by atoms with E-state index in [9.17, 15) is 0 Å². The van der Waals surface area contributed by atoms with Gasteiger partial charge in [0.2, 0.25) is 0 Å². The number of likely N-dealkylation sites (N-methyl/N-ethyl adjacent to an activating group) is 1. The quantitative estimate of drug-likeness (QED) is 0.825. The molecule has 1 aromatic rings. The Balaban J connectivity index is 2.17. The molecule has 0 radical (unpaired) electrons. The molecule has 1 aliphatic carbocycles. The van der Waals surface area contributed by atoms with E-state index >= 15 is 0 Å². The van der Waals surface area contributed by atoms with Gasteiger partial charge in [-0.1, -0.05) is 38.3 Å². The smallest absolute Gasteiger partial charge is 0.118 e. The van der Waals surface area contributed by atoms with Crippen LogP contribution in [0.3, 0.4) is 0 Å². The number of rotatable bonds is 7. The van der Waals surface area contributed by atoms with Gasteiger partial charge in [0.1, 0.15) is 5.75 Å². The molecule has 3 nitrogen and oxygen atoms in total. The van der Waals surface area contributed by atoms with E-state index < -0.39 is 0 Å². The van der Waals surface area contributed by atoms with E-state index in [1.54, 1.807) is 7.11 Å². The fourth-order valence-corrected chi connectivity index (χ4v) is 3.52. The molecule has 1 fully saturated rings. The van der Waals surface area contributed by atoms with E-state index in [0.717, 1.165) is 12.3 Å². The van der Waals surface area contributed by atoms with Crippen molar-refractivity contribution >= 4 is 0 Å². The minimum absolute atomic E-state index is 0.249. The standard InChI is InChI=1S/C18H29NO2/c1-4-19-17(14-10-12-16(20-2)13-11-14)18(21-3)15-8-6-5-7-9-15/h10-13,15,17-19H,4-9H2,1-3H3. The maximum absolute atomic E-state index is 5.92. The molecule has 2 unspecified atom stereocenters. The van der Waals surface area contributed by atoms with Crippen LogP contribution in [-0.4, -0.2) is 26.9 Å². The number of benzene rings is 1. The number of ether oxygens (including phenoxy) is 2. The van der Waals surface area contributed by atoms with E-state index in [-0.39, 0.29) is 12.1 Å². The van der Waals surface area contributed by atoms with Crippen LogP contribution in [-0.2, 0) is 4.74 Å². The van der Waals surface area contributed by atoms with E-state index in [1.165, 1.54) is 37.7 Å². The average Bonchev–Trinajstić information content (AvgIpc) is 2.56. The molecule has 1 aliphatic rings. The highest BCUT2D eigenvalue weighted by molar-refractivity contribution is 5.30. The van der Waals surface area contributed by atoms with Crippen LogP contribution in [0.4, 0.5) is 0 Å². The summed E-state index contributed by atoms with van der Waals surface area (Å²) < 4.78 is 11.2. The van der Waals surface area contributed by atoms with Crippen molar-refractivity contribution in [3.05, 3.63) is 29.8 Å². The van der Waals surface area contributed by atoms with Crippen molar-refractivity contribution in [3.8, 4) is 5.75 Å². The molecule has 3 heteroatoms. The number of hydrogen-bond acceptors (Lipinski definition) is 3. The fraction of sp³-hybridized carbons (Fsp3) is 0.667. The molecule has 0 saturated heterocycles. The summed E-state index contributed by atoms with van der Waals surface area (Å²) in [5.41, 5.74) is 1.29. The zero-order valence-electron chi connectivity index (χ0n) is 13.6. The number of methoxy groups -OCH3 is 2. The summed E-state index contributed by atoms with van der Waals surface area (Å²) in [4.78, 5) is 0. The third-order valence-electron chi connectivity index (χ3n) is 4.61. The highest BCUT2D eigenvalue weighted by atomic mass is 16.5. The first-order valence-electron chi connectivity index (χ1n) is 8.20. The van der Waals surface area contributed by atoms with Crippen molar-refractivity contribution in [2.75, 3.05) is 20.8 Å². The molecule has 2 atom stereocenters. The lowest BCUT2D eigenvalue weighted by atomic mass is 9.81. The zero-order valence-corrected chi connectivity index (χ0v) is 13.6. The highest BCUT2D eigenvalue weighted by Gasteiger charge is 2.31. The van der Waals surface area contributed by atoms with Gasteiger partial charge in [-0.15, -0.1) is 0 Å². The molecule has 21 heavy (non-hydrogen) atoms. The third-order valence-corrected chi connectivity index (χ3v) is 4.61. The number of hydrogen-bond donors (Lipinski definition) is 1. The lowest BCUT2D eigenvalue weighted by Crippen LogP contribution is -2.39. The summed E-state index contributed by atoms with van der Waals surface area (Å²) in [7, 11) is 3.56. The van der Waals surface area contributed by atoms with Crippen molar-refractivity contribution in [2.24, 2.45) is 5.92 Å². The Kier molecular flexibility index (Phi) is 6.52. The summed E-state index contributed by atoms with van der Waals surface area (Å²) in [6.07, 6.45) is 6.88. The molecule has 0 amide bonds. The van der Waals surface area contributed by atoms with E-state index in [1.807, 2.05) is 19.2 Å². The summed E-state index contributed by atoms with van der Waals surface area (Å²) in [6, 6.07) is 8.64. The van der Waals surface area contributed by atoms with Crippen LogP contribution in [0.15, 0.2) is 24.3 Å². The second-order valence-electron chi connectivity index (χ2n) is 5.91. The normalized spacial score (nSPS) is 19.2. The molecule has 0 aliphatic heterocycles. The summed E-state index contributed by atoms with van der Waals surface area (Å²) in [6.45, 7) is 3.10. The molecule has 1 aromatic carbocycles. The Hall–Kier alpha value is -1.06. The first kappa shape index (κ1) is 16.3. The number of nitrogens with one attached hydrogen (secondary N) is 1. The minimum atomic E-state index is 0.249. The zero-order chi connectivity index (χ0) is 15.1. The first-order valence-corrected chi connectivity index (χ1v) is 8.20. The largest absolute Gasteiger partial charge is 0.497 e. The van der Waals surface area contributed by atoms with E-state index in [2.05, 4.69) is 24.4 Å². The maximum Gasteiger partial charge on any atom is 0.118 e. The molecule has 1 N–H and O–H groups in total. The molecule has 118 valence electrons. The van der Waals surface area contributed by atoms with Crippen LogP contribution in [0.2, 0.25) is 0 Å². The van der Waals surface area contributed by atoms with Gasteiger partial charge in [-0.25, -0.2) is 0 Å². The predicted octanol–water partition coefficient (Wildman–Crippen LogP) is 3.94. The van der Waals surface area contributed by atoms with Crippen LogP contribution < -0.4 is 10.1 Å². The molecule has 0 aromatic heterocycles. The maximum atomic E-state index is 5.92. The molecular formula is C18H29NO2. The molecule has 0 spiro atoms. The van der Waals surface area contributed by atoms with Crippen molar-refractivity contribution < 1.29 is 9.47 Å². The van der Waals surface area contributed by atoms with Crippen LogP contribution in [0, 0.1) is 5.92 Å². The summed E-state index contributed by atoms with van der Waals surface area (Å²) in [5, 5.41) is 3.62. The Morgan fingerprint density at radius 1 is 1.10 bits per heavy atom. The van der Waals surface area contributed by atoms with Crippen molar-refractivity contribution in [1.29, 1.82) is 0 Å². The van der Waals surface area contributed by atoms with Gasteiger partial charge >= 0.3 is 0 Å². The molecule has 0 bridgehead atoms. The Morgan fingerprint density at radius 3 is 2.29 bits per heavy atom. The van der Waals surface area contributed by atoms with Crippen molar-refractivity contribution in [1.82, 2.24) is 5.32 Å². The second-order valence-corrected chi connectivity index (χ2v) is 5.91. The van der Waals surface area contributed by atoms with Crippen molar-refractivity contribution in [2.45, 2.75) is 51.2 Å². The van der Waals surface area contributed by atoms with Gasteiger partial charge in [0.15, 0.2) is 0 Å². The van der Waals surface area contributed by atoms with E-state index in [4.69, 9.17) is 9.47 Å². The molecule has 2 rings (SSSR count).